The molecular formula is C57H114N2O7P+. The summed E-state index contributed by atoms with van der Waals surface area (Å²) in [6.45, 7) is 7.05. The summed E-state index contributed by atoms with van der Waals surface area (Å²) in [5.74, 6) is -0.487. The Morgan fingerprint density at radius 1 is 0.507 bits per heavy atom. The molecule has 1 amide bonds. The number of phosphoric acid groups is 1. The van der Waals surface area contributed by atoms with Crippen LogP contribution in [0.3, 0.4) is 0 Å². The number of unbranched alkanes of at least 4 members (excludes halogenated alkanes) is 37. The fourth-order valence-corrected chi connectivity index (χ4v) is 9.44. The summed E-state index contributed by atoms with van der Waals surface area (Å²) in [7, 11) is 1.51. The van der Waals surface area contributed by atoms with Crippen molar-refractivity contribution in [3.63, 3.8) is 0 Å². The molecule has 2 N–H and O–H groups in total. The molecule has 0 aliphatic carbocycles. The quantitative estimate of drug-likeness (QED) is 0.0205. The molecule has 0 aromatic carbocycles. The molecule has 67 heavy (non-hydrogen) atoms. The summed E-state index contributed by atoms with van der Waals surface area (Å²) in [4.78, 5) is 37.6. The molecule has 398 valence electrons. The van der Waals surface area contributed by atoms with Crippen molar-refractivity contribution in [1.82, 2.24) is 5.32 Å². The number of nitrogens with one attached hydrogen (secondary N) is 1. The van der Waals surface area contributed by atoms with Gasteiger partial charge in [0, 0.05) is 12.8 Å². The Kier molecular flexibility index (Phi) is 47.5. The van der Waals surface area contributed by atoms with Crippen LogP contribution in [0.5, 0.6) is 0 Å². The van der Waals surface area contributed by atoms with Crippen LogP contribution in [-0.4, -0.2) is 74.3 Å². The van der Waals surface area contributed by atoms with Crippen molar-refractivity contribution in [3.05, 3.63) is 12.2 Å². The summed E-state index contributed by atoms with van der Waals surface area (Å²) in [6, 6.07) is -0.837. The molecular weight excluding hydrogens is 856 g/mol. The monoisotopic (exact) mass is 970 g/mol. The number of carbonyl (C=O) groups is 2. The number of ether oxygens (including phenoxy) is 1. The summed E-state index contributed by atoms with van der Waals surface area (Å²) in [6.07, 6.45) is 53.3. The maximum Gasteiger partial charge on any atom is 0.472 e. The van der Waals surface area contributed by atoms with Crippen molar-refractivity contribution in [1.29, 1.82) is 0 Å². The van der Waals surface area contributed by atoms with Gasteiger partial charge in [-0.2, -0.15) is 0 Å². The molecule has 0 aliphatic rings. The molecule has 10 heteroatoms. The molecule has 0 saturated heterocycles. The summed E-state index contributed by atoms with van der Waals surface area (Å²) < 4.78 is 30.6. The highest BCUT2D eigenvalue weighted by molar-refractivity contribution is 7.47. The first kappa shape index (κ1) is 65.8. The third-order valence-electron chi connectivity index (χ3n) is 13.2. The molecule has 0 heterocycles. The van der Waals surface area contributed by atoms with E-state index in [2.05, 4.69) is 26.1 Å². The van der Waals surface area contributed by atoms with E-state index in [0.29, 0.717) is 23.9 Å². The number of hydrogen-bond donors (Lipinski definition) is 2. The van der Waals surface area contributed by atoms with Crippen LogP contribution in [0.4, 0.5) is 0 Å². The normalized spacial score (nSPS) is 13.8. The molecule has 3 unspecified atom stereocenters. The van der Waals surface area contributed by atoms with Gasteiger partial charge in [0.2, 0.25) is 5.91 Å². The van der Waals surface area contributed by atoms with Crippen LogP contribution in [0, 0.1) is 0 Å². The molecule has 0 radical (unpaired) electrons. The molecule has 0 spiro atoms. The van der Waals surface area contributed by atoms with Gasteiger partial charge in [-0.15, -0.1) is 0 Å². The summed E-state index contributed by atoms with van der Waals surface area (Å²) in [5.41, 5.74) is 0. The van der Waals surface area contributed by atoms with Gasteiger partial charge in [0.25, 0.3) is 0 Å². The first-order chi connectivity index (χ1) is 32.4. The largest absolute Gasteiger partial charge is 0.472 e. The van der Waals surface area contributed by atoms with Crippen LogP contribution < -0.4 is 5.32 Å². The maximum absolute atomic E-state index is 13.5. The van der Waals surface area contributed by atoms with Crippen molar-refractivity contribution in [2.24, 2.45) is 0 Å². The lowest BCUT2D eigenvalue weighted by atomic mass is 10.0. The predicted octanol–water partition coefficient (Wildman–Crippen LogP) is 17.2. The minimum atomic E-state index is -4.43. The Morgan fingerprint density at radius 3 is 1.22 bits per heavy atom. The Hall–Kier alpha value is -1.25. The maximum atomic E-state index is 13.5. The standard InChI is InChI=1S/C57H113N2O7P/c1-7-10-13-16-19-22-25-28-29-32-35-38-41-44-47-50-57(61)66-55(48-45-42-39-36-33-30-26-23-20-17-14-11-8-2)54(53-65-67(62,63)64-52-51-59(4,5)6)58-56(60)49-46-43-40-37-34-31-27-24-21-18-15-12-9-3/h45,48,54-55H,7-44,46-47,49-53H2,1-6H3,(H-,58,60,62,63)/p+1/b48-45+. The van der Waals surface area contributed by atoms with Gasteiger partial charge in [-0.3, -0.25) is 18.6 Å². The highest BCUT2D eigenvalue weighted by Gasteiger charge is 2.30. The second-order valence-electron chi connectivity index (χ2n) is 21.2. The number of allylic oxidation sites excluding steroid dienone is 1. The fraction of sp³-hybridized carbons (Fsp3) is 0.930. The van der Waals surface area contributed by atoms with Crippen molar-refractivity contribution in [2.75, 3.05) is 40.9 Å². The topological polar surface area (TPSA) is 111 Å². The second-order valence-corrected chi connectivity index (χ2v) is 22.6. The lowest BCUT2D eigenvalue weighted by Gasteiger charge is -2.27. The lowest BCUT2D eigenvalue weighted by Crippen LogP contribution is -2.47. The van der Waals surface area contributed by atoms with Gasteiger partial charge >= 0.3 is 13.8 Å². The Labute approximate surface area is 416 Å². The minimum Gasteiger partial charge on any atom is -0.456 e. The molecule has 3 atom stereocenters. The van der Waals surface area contributed by atoms with Gasteiger partial charge in [-0.05, 0) is 31.8 Å². The van der Waals surface area contributed by atoms with E-state index in [1.54, 1.807) is 0 Å². The van der Waals surface area contributed by atoms with Crippen LogP contribution in [-0.2, 0) is 27.9 Å². The first-order valence-corrected chi connectivity index (χ1v) is 30.5. The van der Waals surface area contributed by atoms with E-state index in [1.807, 2.05) is 33.3 Å². The van der Waals surface area contributed by atoms with Gasteiger partial charge in [0.1, 0.15) is 19.3 Å². The summed E-state index contributed by atoms with van der Waals surface area (Å²) in [5, 5.41) is 3.05. The number of likely N-dealkylation sites (N-methyl/N-ethyl adjacent to an activating group) is 1. The zero-order valence-electron chi connectivity index (χ0n) is 45.4. The number of hydrogen-bond acceptors (Lipinski definition) is 6. The molecule has 0 aromatic rings. The van der Waals surface area contributed by atoms with E-state index < -0.39 is 20.0 Å². The number of nitrogens with zero attached hydrogens (tertiary/aromatic N) is 1. The second kappa shape index (κ2) is 48.4. The molecule has 0 aliphatic heterocycles. The Morgan fingerprint density at radius 2 is 0.851 bits per heavy atom. The van der Waals surface area contributed by atoms with Crippen LogP contribution in [0.15, 0.2) is 12.2 Å². The van der Waals surface area contributed by atoms with Gasteiger partial charge in [0.05, 0.1) is 33.8 Å². The molecule has 9 nitrogen and oxygen atoms in total. The van der Waals surface area contributed by atoms with E-state index in [4.69, 9.17) is 13.8 Å². The van der Waals surface area contributed by atoms with Crippen LogP contribution in [0.1, 0.15) is 290 Å². The van der Waals surface area contributed by atoms with Gasteiger partial charge in [0.15, 0.2) is 0 Å². The van der Waals surface area contributed by atoms with Gasteiger partial charge in [-0.25, -0.2) is 4.57 Å². The average molecular weight is 971 g/mol. The number of carbonyl (C=O) groups excluding carboxylic acids is 2. The van der Waals surface area contributed by atoms with E-state index in [1.165, 1.54) is 199 Å². The molecule has 0 bridgehead atoms. The van der Waals surface area contributed by atoms with E-state index in [9.17, 15) is 19.0 Å². The first-order valence-electron chi connectivity index (χ1n) is 29.0. The minimum absolute atomic E-state index is 0.0455. The third-order valence-corrected chi connectivity index (χ3v) is 14.2. The zero-order chi connectivity index (χ0) is 49.4. The van der Waals surface area contributed by atoms with Gasteiger partial charge in [-0.1, -0.05) is 258 Å². The van der Waals surface area contributed by atoms with Crippen LogP contribution >= 0.6 is 7.82 Å². The third kappa shape index (κ3) is 49.5. The van der Waals surface area contributed by atoms with Crippen molar-refractivity contribution in [2.45, 2.75) is 303 Å². The SMILES string of the molecule is CCCCCCCCCCCCC/C=C/C(OC(=O)CCCCCCCCCCCCCCCCC)C(COP(=O)(O)OCC[N+](C)(C)C)NC(=O)CCCCCCCCCCCCCCC. The average Bonchev–Trinajstić information content (AvgIpc) is 3.28. The van der Waals surface area contributed by atoms with Crippen molar-refractivity contribution >= 4 is 19.7 Å². The number of rotatable bonds is 53. The number of quaternary nitrogens is 1. The Bertz CT molecular complexity index is 1160. The van der Waals surface area contributed by atoms with Crippen molar-refractivity contribution < 1.29 is 37.3 Å². The lowest BCUT2D eigenvalue weighted by molar-refractivity contribution is -0.870. The van der Waals surface area contributed by atoms with E-state index >= 15 is 0 Å². The van der Waals surface area contributed by atoms with Crippen molar-refractivity contribution in [3.8, 4) is 0 Å². The highest BCUT2D eigenvalue weighted by Crippen LogP contribution is 2.43. The van der Waals surface area contributed by atoms with Crippen LogP contribution in [0.25, 0.3) is 0 Å². The molecule has 0 fully saturated rings. The zero-order valence-corrected chi connectivity index (χ0v) is 46.3. The number of esters is 1. The molecule has 0 saturated carbocycles. The number of phosphoric ester groups is 1. The highest BCUT2D eigenvalue weighted by atomic mass is 31.2. The van der Waals surface area contributed by atoms with E-state index in [0.717, 1.165) is 57.8 Å². The van der Waals surface area contributed by atoms with Crippen LogP contribution in [0.2, 0.25) is 0 Å². The number of amides is 1. The Balaban J connectivity index is 5.33. The van der Waals surface area contributed by atoms with E-state index in [-0.39, 0.29) is 25.1 Å². The molecule has 0 rings (SSSR count). The smallest absolute Gasteiger partial charge is 0.456 e. The predicted molar refractivity (Wildman–Crippen MR) is 287 cm³/mol. The summed E-state index contributed by atoms with van der Waals surface area (Å²) >= 11 is 0. The molecule has 0 aromatic heterocycles. The fourth-order valence-electron chi connectivity index (χ4n) is 8.71. The van der Waals surface area contributed by atoms with Gasteiger partial charge < -0.3 is 19.4 Å².